The Bertz CT molecular complexity index is 1000. The topological polar surface area (TPSA) is 72.0 Å². The number of para-hydroxylation sites is 1. The first-order valence-corrected chi connectivity index (χ1v) is 9.93. The molecule has 152 valence electrons. The van der Waals surface area contributed by atoms with E-state index in [0.717, 1.165) is 30.3 Å². The van der Waals surface area contributed by atoms with E-state index in [0.29, 0.717) is 29.9 Å². The van der Waals surface area contributed by atoms with Crippen LogP contribution in [-0.2, 0) is 6.42 Å². The van der Waals surface area contributed by atoms with Crippen LogP contribution in [-0.4, -0.2) is 24.8 Å². The van der Waals surface area contributed by atoms with Gasteiger partial charge in [0, 0.05) is 24.2 Å². The van der Waals surface area contributed by atoms with Gasteiger partial charge in [0.15, 0.2) is 23.2 Å². The number of guanidine groups is 1. The highest BCUT2D eigenvalue weighted by Gasteiger charge is 2.08. The quantitative estimate of drug-likeness (QED) is 0.335. The highest BCUT2D eigenvalue weighted by atomic mass is 17.2. The molecule has 1 heterocycles. The van der Waals surface area contributed by atoms with Gasteiger partial charge >= 0.3 is 0 Å². The lowest BCUT2D eigenvalue weighted by atomic mass is 10.0. The summed E-state index contributed by atoms with van der Waals surface area (Å²) in [5.41, 5.74) is 2.75. The summed E-state index contributed by atoms with van der Waals surface area (Å²) in [5, 5.41) is 6.41. The molecule has 0 bridgehead atoms. The Hall–Kier alpha value is -3.80. The highest BCUT2D eigenvalue weighted by Crippen LogP contribution is 2.18. The summed E-state index contributed by atoms with van der Waals surface area (Å²) in [6, 6.07) is 24.3. The van der Waals surface area contributed by atoms with E-state index in [9.17, 15) is 4.79 Å². The summed E-state index contributed by atoms with van der Waals surface area (Å²) in [4.78, 5) is 27.3. The van der Waals surface area contributed by atoms with Crippen molar-refractivity contribution in [2.45, 2.75) is 12.8 Å². The standard InChI is InChI=1S/C24H23N3O3/c28-23(15-8-18-6-11-20(12-7-18)27-24-25-16-17-26-24)19-9-13-22(14-10-19)30-29-21-4-2-1-3-5-21/h1-7,9-14H,8,15-17H2,(H2,25,26,27). The van der Waals surface area contributed by atoms with Gasteiger partial charge in [-0.1, -0.05) is 30.3 Å². The van der Waals surface area contributed by atoms with Crippen molar-refractivity contribution in [3.63, 3.8) is 0 Å². The van der Waals surface area contributed by atoms with E-state index in [1.54, 1.807) is 36.4 Å². The average molecular weight is 401 g/mol. The second kappa shape index (κ2) is 9.60. The zero-order chi connectivity index (χ0) is 20.6. The molecule has 0 atom stereocenters. The molecule has 0 unspecified atom stereocenters. The molecule has 1 aliphatic heterocycles. The Morgan fingerprint density at radius 3 is 2.27 bits per heavy atom. The summed E-state index contributed by atoms with van der Waals surface area (Å²) >= 11 is 0. The first kappa shape index (κ1) is 19.5. The van der Waals surface area contributed by atoms with Crippen LogP contribution >= 0.6 is 0 Å². The van der Waals surface area contributed by atoms with Gasteiger partial charge in [-0.3, -0.25) is 19.6 Å². The van der Waals surface area contributed by atoms with E-state index in [1.807, 2.05) is 42.5 Å². The third-order valence-corrected chi connectivity index (χ3v) is 4.69. The van der Waals surface area contributed by atoms with Crippen molar-refractivity contribution in [2.75, 3.05) is 18.4 Å². The van der Waals surface area contributed by atoms with Crippen molar-refractivity contribution in [1.82, 2.24) is 5.32 Å². The molecule has 30 heavy (non-hydrogen) atoms. The fourth-order valence-corrected chi connectivity index (χ4v) is 3.04. The van der Waals surface area contributed by atoms with Crippen molar-refractivity contribution in [3.05, 3.63) is 90.0 Å². The van der Waals surface area contributed by atoms with E-state index >= 15 is 0 Å². The van der Waals surface area contributed by atoms with E-state index < -0.39 is 0 Å². The molecule has 0 fully saturated rings. The van der Waals surface area contributed by atoms with Crippen LogP contribution in [0.1, 0.15) is 22.3 Å². The highest BCUT2D eigenvalue weighted by molar-refractivity contribution is 5.96. The fraction of sp³-hybridized carbons (Fsp3) is 0.167. The van der Waals surface area contributed by atoms with Crippen molar-refractivity contribution in [2.24, 2.45) is 4.99 Å². The molecule has 3 aromatic rings. The van der Waals surface area contributed by atoms with Gasteiger partial charge in [-0.2, -0.15) is 0 Å². The lowest BCUT2D eigenvalue weighted by Gasteiger charge is -2.08. The Morgan fingerprint density at radius 1 is 0.900 bits per heavy atom. The number of hydrogen-bond acceptors (Lipinski definition) is 6. The molecule has 0 saturated heterocycles. The number of nitrogens with zero attached hydrogens (tertiary/aromatic N) is 1. The molecule has 0 spiro atoms. The minimum Gasteiger partial charge on any atom is -0.354 e. The Kier molecular flexibility index (Phi) is 6.25. The number of aliphatic imine (C=N–C) groups is 1. The number of rotatable bonds is 8. The number of carbonyl (C=O) groups is 1. The normalized spacial score (nSPS) is 12.6. The molecule has 4 rings (SSSR count). The Balaban J connectivity index is 1.25. The Labute approximate surface area is 175 Å². The predicted molar refractivity (Wildman–Crippen MR) is 117 cm³/mol. The minimum absolute atomic E-state index is 0.0947. The molecular weight excluding hydrogens is 378 g/mol. The molecule has 6 heteroatoms. The number of Topliss-reactive ketones (excluding diaryl/α,β-unsaturated/α-hetero) is 1. The molecule has 0 saturated carbocycles. The van der Waals surface area contributed by atoms with Crippen LogP contribution in [0.5, 0.6) is 11.5 Å². The van der Waals surface area contributed by atoms with Gasteiger partial charge in [0.1, 0.15) is 0 Å². The van der Waals surface area contributed by atoms with Crippen LogP contribution in [0.3, 0.4) is 0 Å². The van der Waals surface area contributed by atoms with E-state index in [-0.39, 0.29) is 5.78 Å². The molecule has 0 aliphatic carbocycles. The second-order valence-corrected chi connectivity index (χ2v) is 6.91. The van der Waals surface area contributed by atoms with Crippen LogP contribution in [0.2, 0.25) is 0 Å². The molecule has 0 amide bonds. The van der Waals surface area contributed by atoms with Crippen molar-refractivity contribution in [3.8, 4) is 11.5 Å². The smallest absolute Gasteiger partial charge is 0.195 e. The lowest BCUT2D eigenvalue weighted by Crippen LogP contribution is -2.26. The minimum atomic E-state index is 0.0947. The van der Waals surface area contributed by atoms with Gasteiger partial charge in [-0.15, -0.1) is 0 Å². The number of benzene rings is 3. The molecular formula is C24H23N3O3. The van der Waals surface area contributed by atoms with Crippen molar-refractivity contribution < 1.29 is 14.6 Å². The Morgan fingerprint density at radius 2 is 1.60 bits per heavy atom. The summed E-state index contributed by atoms with van der Waals surface area (Å²) in [7, 11) is 0. The molecule has 0 aromatic heterocycles. The number of ketones is 1. The van der Waals surface area contributed by atoms with Crippen molar-refractivity contribution in [1.29, 1.82) is 0 Å². The maximum atomic E-state index is 12.5. The number of anilines is 1. The summed E-state index contributed by atoms with van der Waals surface area (Å²) in [6.07, 6.45) is 1.13. The first-order valence-electron chi connectivity index (χ1n) is 9.93. The summed E-state index contributed by atoms with van der Waals surface area (Å²) in [5.74, 6) is 2.06. The molecule has 6 nitrogen and oxygen atoms in total. The SMILES string of the molecule is O=C(CCc1ccc(NC2=NCCN2)cc1)c1ccc(OOc2ccccc2)cc1. The van der Waals surface area contributed by atoms with Gasteiger partial charge in [-0.25, -0.2) is 0 Å². The summed E-state index contributed by atoms with van der Waals surface area (Å²) < 4.78 is 0. The van der Waals surface area contributed by atoms with Crippen LogP contribution in [0.15, 0.2) is 83.9 Å². The van der Waals surface area contributed by atoms with Crippen LogP contribution in [0.4, 0.5) is 5.69 Å². The van der Waals surface area contributed by atoms with Gasteiger partial charge in [-0.05, 0) is 60.5 Å². The van der Waals surface area contributed by atoms with Gasteiger partial charge in [0.25, 0.3) is 0 Å². The zero-order valence-electron chi connectivity index (χ0n) is 16.5. The molecule has 1 aliphatic rings. The lowest BCUT2D eigenvalue weighted by molar-refractivity contribution is -0.0999. The van der Waals surface area contributed by atoms with Crippen LogP contribution in [0, 0.1) is 0 Å². The van der Waals surface area contributed by atoms with Gasteiger partial charge in [0.05, 0.1) is 6.54 Å². The number of carbonyl (C=O) groups excluding carboxylic acids is 1. The third kappa shape index (κ3) is 5.38. The second-order valence-electron chi connectivity index (χ2n) is 6.91. The van der Waals surface area contributed by atoms with E-state index in [1.165, 1.54) is 0 Å². The number of aryl methyl sites for hydroxylation is 1. The van der Waals surface area contributed by atoms with Gasteiger partial charge in [0.2, 0.25) is 0 Å². The maximum absolute atomic E-state index is 12.5. The number of nitrogens with one attached hydrogen (secondary N) is 2. The zero-order valence-corrected chi connectivity index (χ0v) is 16.5. The van der Waals surface area contributed by atoms with Crippen molar-refractivity contribution >= 4 is 17.4 Å². The maximum Gasteiger partial charge on any atom is 0.195 e. The summed E-state index contributed by atoms with van der Waals surface area (Å²) in [6.45, 7) is 1.67. The predicted octanol–water partition coefficient (Wildman–Crippen LogP) is 4.25. The molecule has 3 aromatic carbocycles. The van der Waals surface area contributed by atoms with E-state index in [4.69, 9.17) is 9.78 Å². The van der Waals surface area contributed by atoms with E-state index in [2.05, 4.69) is 15.6 Å². The molecule has 0 radical (unpaired) electrons. The number of hydrogen-bond donors (Lipinski definition) is 2. The average Bonchev–Trinajstić information content (AvgIpc) is 3.31. The molecule has 2 N–H and O–H groups in total. The van der Waals surface area contributed by atoms with Crippen LogP contribution in [0.25, 0.3) is 0 Å². The first-order chi connectivity index (χ1) is 14.8. The monoisotopic (exact) mass is 401 g/mol. The third-order valence-electron chi connectivity index (χ3n) is 4.69. The largest absolute Gasteiger partial charge is 0.354 e. The van der Waals surface area contributed by atoms with Crippen LogP contribution < -0.4 is 20.4 Å². The fourth-order valence-electron chi connectivity index (χ4n) is 3.04. The van der Waals surface area contributed by atoms with Gasteiger partial charge < -0.3 is 10.6 Å².